The first-order chi connectivity index (χ1) is 12.0. The zero-order valence-electron chi connectivity index (χ0n) is 15.1. The van der Waals surface area contributed by atoms with Crippen molar-refractivity contribution in [3.8, 4) is 0 Å². The van der Waals surface area contributed by atoms with Gasteiger partial charge in [0, 0.05) is 51.3 Å². The third-order valence-corrected chi connectivity index (χ3v) is 4.80. The second-order valence-corrected chi connectivity index (χ2v) is 6.94. The molecule has 2 amide bonds. The Balaban J connectivity index is 1.78. The van der Waals surface area contributed by atoms with Gasteiger partial charge >= 0.3 is 0 Å². The standard InChI is InChI=1S/C19H28N2O4/c1-21(2)18(24)16-6-3-15(4-7-16)5-8-17(23)20-13-19(14-22)9-11-25-12-10-19/h3-4,6-7,22H,5,8-14H2,1-2H3,(H,20,23). The summed E-state index contributed by atoms with van der Waals surface area (Å²) in [7, 11) is 3.44. The summed E-state index contributed by atoms with van der Waals surface area (Å²) >= 11 is 0. The molecule has 0 unspecified atom stereocenters. The van der Waals surface area contributed by atoms with Crippen molar-refractivity contribution in [1.82, 2.24) is 10.2 Å². The lowest BCUT2D eigenvalue weighted by Crippen LogP contribution is -2.43. The minimum absolute atomic E-state index is 0.0206. The van der Waals surface area contributed by atoms with Crippen molar-refractivity contribution in [2.45, 2.75) is 25.7 Å². The third kappa shape index (κ3) is 5.54. The Hall–Kier alpha value is -1.92. The average Bonchev–Trinajstić information content (AvgIpc) is 2.65. The number of carbonyl (C=O) groups excluding carboxylic acids is 2. The molecule has 0 saturated carbocycles. The summed E-state index contributed by atoms with van der Waals surface area (Å²) in [5.41, 5.74) is 1.42. The van der Waals surface area contributed by atoms with Crippen LogP contribution in [0.5, 0.6) is 0 Å². The zero-order valence-corrected chi connectivity index (χ0v) is 15.1. The number of carbonyl (C=O) groups is 2. The van der Waals surface area contributed by atoms with Gasteiger partial charge in [-0.3, -0.25) is 9.59 Å². The zero-order chi connectivity index (χ0) is 18.3. The van der Waals surface area contributed by atoms with Crippen molar-refractivity contribution < 1.29 is 19.4 Å². The molecule has 0 spiro atoms. The number of benzene rings is 1. The highest BCUT2D eigenvalue weighted by atomic mass is 16.5. The molecule has 1 heterocycles. The van der Waals surface area contributed by atoms with Crippen LogP contribution >= 0.6 is 0 Å². The van der Waals surface area contributed by atoms with Gasteiger partial charge in [-0.2, -0.15) is 0 Å². The molecule has 138 valence electrons. The van der Waals surface area contributed by atoms with Crippen LogP contribution in [-0.2, 0) is 16.0 Å². The van der Waals surface area contributed by atoms with E-state index in [2.05, 4.69) is 5.32 Å². The lowest BCUT2D eigenvalue weighted by molar-refractivity contribution is -0.122. The van der Waals surface area contributed by atoms with Gasteiger partial charge in [0.2, 0.25) is 5.91 Å². The van der Waals surface area contributed by atoms with Gasteiger partial charge in [-0.1, -0.05) is 12.1 Å². The van der Waals surface area contributed by atoms with E-state index in [1.54, 1.807) is 26.2 Å². The summed E-state index contributed by atoms with van der Waals surface area (Å²) in [6.45, 7) is 1.82. The molecule has 0 bridgehead atoms. The fraction of sp³-hybridized carbons (Fsp3) is 0.579. The summed E-state index contributed by atoms with van der Waals surface area (Å²) in [6.07, 6.45) is 2.55. The van der Waals surface area contributed by atoms with Crippen molar-refractivity contribution in [3.63, 3.8) is 0 Å². The predicted octanol–water partition coefficient (Wildman–Crippen LogP) is 1.23. The molecule has 1 saturated heterocycles. The number of rotatable bonds is 7. The van der Waals surface area contributed by atoms with Crippen LogP contribution in [0.25, 0.3) is 0 Å². The number of ether oxygens (including phenoxy) is 1. The Kier molecular flexibility index (Phi) is 6.96. The van der Waals surface area contributed by atoms with Crippen LogP contribution in [0.1, 0.15) is 35.2 Å². The molecule has 1 aromatic rings. The van der Waals surface area contributed by atoms with Crippen LogP contribution < -0.4 is 5.32 Å². The second-order valence-electron chi connectivity index (χ2n) is 6.94. The van der Waals surface area contributed by atoms with E-state index < -0.39 is 0 Å². The van der Waals surface area contributed by atoms with Crippen LogP contribution in [0, 0.1) is 5.41 Å². The fourth-order valence-electron chi connectivity index (χ4n) is 2.90. The molecule has 1 aromatic carbocycles. The largest absolute Gasteiger partial charge is 0.396 e. The molecule has 1 fully saturated rings. The molecule has 0 atom stereocenters. The molecule has 1 aliphatic heterocycles. The molecule has 0 radical (unpaired) electrons. The number of aryl methyl sites for hydroxylation is 1. The first kappa shape index (κ1) is 19.4. The smallest absolute Gasteiger partial charge is 0.253 e. The maximum absolute atomic E-state index is 12.1. The SMILES string of the molecule is CN(C)C(=O)c1ccc(CCC(=O)NCC2(CO)CCOCC2)cc1. The molecule has 1 aliphatic rings. The number of aliphatic hydroxyl groups excluding tert-OH is 1. The van der Waals surface area contributed by atoms with Crippen LogP contribution in [0.15, 0.2) is 24.3 Å². The van der Waals surface area contributed by atoms with Gasteiger partial charge in [0.25, 0.3) is 5.91 Å². The molecular weight excluding hydrogens is 320 g/mol. The van der Waals surface area contributed by atoms with Crippen molar-refractivity contribution in [2.24, 2.45) is 5.41 Å². The topological polar surface area (TPSA) is 78.9 Å². The maximum atomic E-state index is 12.1. The van der Waals surface area contributed by atoms with Crippen molar-refractivity contribution >= 4 is 11.8 Å². The minimum Gasteiger partial charge on any atom is -0.396 e. The highest BCUT2D eigenvalue weighted by molar-refractivity contribution is 5.93. The van der Waals surface area contributed by atoms with Gasteiger partial charge in [-0.25, -0.2) is 0 Å². The predicted molar refractivity (Wildman–Crippen MR) is 95.4 cm³/mol. The molecule has 6 nitrogen and oxygen atoms in total. The van der Waals surface area contributed by atoms with E-state index in [1.165, 1.54) is 4.90 Å². The Labute approximate surface area is 149 Å². The monoisotopic (exact) mass is 348 g/mol. The Morgan fingerprint density at radius 1 is 1.20 bits per heavy atom. The fourth-order valence-corrected chi connectivity index (χ4v) is 2.90. The molecular formula is C19H28N2O4. The van der Waals surface area contributed by atoms with Gasteiger partial charge < -0.3 is 20.1 Å². The van der Waals surface area contributed by atoms with E-state index in [-0.39, 0.29) is 23.8 Å². The molecule has 0 aromatic heterocycles. The molecule has 2 rings (SSSR count). The summed E-state index contributed by atoms with van der Waals surface area (Å²) < 4.78 is 5.33. The summed E-state index contributed by atoms with van der Waals surface area (Å²) in [4.78, 5) is 25.5. The van der Waals surface area contributed by atoms with Crippen molar-refractivity contribution in [3.05, 3.63) is 35.4 Å². The molecule has 25 heavy (non-hydrogen) atoms. The van der Waals surface area contributed by atoms with Gasteiger partial charge in [-0.05, 0) is 37.0 Å². The van der Waals surface area contributed by atoms with E-state index in [0.717, 1.165) is 18.4 Å². The molecule has 2 N–H and O–H groups in total. The Bertz CT molecular complexity index is 578. The van der Waals surface area contributed by atoms with Crippen LogP contribution in [-0.4, -0.2) is 62.3 Å². The van der Waals surface area contributed by atoms with Crippen molar-refractivity contribution in [1.29, 1.82) is 0 Å². The summed E-state index contributed by atoms with van der Waals surface area (Å²) in [5, 5.41) is 12.6. The number of nitrogens with one attached hydrogen (secondary N) is 1. The molecule has 6 heteroatoms. The lowest BCUT2D eigenvalue weighted by Gasteiger charge is -2.35. The van der Waals surface area contributed by atoms with E-state index >= 15 is 0 Å². The normalized spacial score (nSPS) is 16.3. The van der Waals surface area contributed by atoms with E-state index in [9.17, 15) is 14.7 Å². The first-order valence-electron chi connectivity index (χ1n) is 8.72. The third-order valence-electron chi connectivity index (χ3n) is 4.80. The number of aliphatic hydroxyl groups is 1. The van der Waals surface area contributed by atoms with Crippen LogP contribution in [0.2, 0.25) is 0 Å². The van der Waals surface area contributed by atoms with E-state index in [0.29, 0.717) is 38.2 Å². The van der Waals surface area contributed by atoms with Crippen LogP contribution in [0.4, 0.5) is 0 Å². The minimum atomic E-state index is -0.248. The summed E-state index contributed by atoms with van der Waals surface area (Å²) in [6, 6.07) is 7.35. The number of hydrogen-bond donors (Lipinski definition) is 2. The molecule has 0 aliphatic carbocycles. The highest BCUT2D eigenvalue weighted by Crippen LogP contribution is 2.28. The number of amides is 2. The Morgan fingerprint density at radius 3 is 2.40 bits per heavy atom. The lowest BCUT2D eigenvalue weighted by atomic mass is 9.81. The van der Waals surface area contributed by atoms with Gasteiger partial charge in [0.1, 0.15) is 0 Å². The van der Waals surface area contributed by atoms with E-state index in [1.807, 2.05) is 12.1 Å². The van der Waals surface area contributed by atoms with Gasteiger partial charge in [0.15, 0.2) is 0 Å². The number of hydrogen-bond acceptors (Lipinski definition) is 4. The maximum Gasteiger partial charge on any atom is 0.253 e. The average molecular weight is 348 g/mol. The second kappa shape index (κ2) is 8.97. The van der Waals surface area contributed by atoms with Gasteiger partial charge in [-0.15, -0.1) is 0 Å². The Morgan fingerprint density at radius 2 is 1.84 bits per heavy atom. The van der Waals surface area contributed by atoms with Gasteiger partial charge in [0.05, 0.1) is 6.61 Å². The quantitative estimate of drug-likeness (QED) is 0.777. The number of nitrogens with zero attached hydrogens (tertiary/aromatic N) is 1. The summed E-state index contributed by atoms with van der Waals surface area (Å²) in [5.74, 6) is -0.0529. The first-order valence-corrected chi connectivity index (χ1v) is 8.72. The van der Waals surface area contributed by atoms with Crippen molar-refractivity contribution in [2.75, 3.05) is 40.5 Å². The van der Waals surface area contributed by atoms with E-state index in [4.69, 9.17) is 4.74 Å². The highest BCUT2D eigenvalue weighted by Gasteiger charge is 2.32. The van der Waals surface area contributed by atoms with Crippen LogP contribution in [0.3, 0.4) is 0 Å².